The SMILES string of the molecule is [2H]N[C@@H]1C(=O)N2C(P(=O)(O)O)=C(COC(C)=O)CS[C@@H]12. The fraction of sp³-hybridized carbons (Fsp3) is 0.556. The van der Waals surface area contributed by atoms with Gasteiger partial charge in [0.05, 0.1) is 0 Å². The Morgan fingerprint density at radius 1 is 1.74 bits per heavy atom. The maximum Gasteiger partial charge on any atom is 0.372 e. The van der Waals surface area contributed by atoms with E-state index in [1.54, 1.807) is 0 Å². The molecule has 0 spiro atoms. The van der Waals surface area contributed by atoms with E-state index in [-0.39, 0.29) is 17.9 Å². The monoisotopic (exact) mass is 309 g/mol. The number of amides is 1. The number of rotatable bonds is 4. The first-order chi connectivity index (χ1) is 9.27. The number of thioether (sulfide) groups is 1. The topological polar surface area (TPSA) is 130 Å². The Balaban J connectivity index is 2.33. The Hall–Kier alpha value is -0.860. The average molecular weight is 309 g/mol. The smallest absolute Gasteiger partial charge is 0.372 e. The summed E-state index contributed by atoms with van der Waals surface area (Å²) in [6, 6.07) is -0.781. The zero-order valence-corrected chi connectivity index (χ0v) is 11.6. The van der Waals surface area contributed by atoms with Crippen LogP contribution >= 0.6 is 19.4 Å². The molecule has 0 bridgehead atoms. The molecule has 0 aromatic rings. The third kappa shape index (κ3) is 2.56. The summed E-state index contributed by atoms with van der Waals surface area (Å²) in [7, 11) is -4.68. The number of nitrogens with zero attached hydrogens (tertiary/aromatic N) is 1. The second-order valence-electron chi connectivity index (χ2n) is 4.14. The summed E-state index contributed by atoms with van der Waals surface area (Å²) < 4.78 is 23.4. The standard InChI is InChI=1S/C9H13N2O6PS/c1-4(12)17-2-5-3-19-9-6(10)7(13)11(9)8(5)18(14,15)16/h6,9H,2-3,10H2,1H3,(H2,14,15,16)/t6-,9+/m1/s1/i/hD. The molecule has 2 rings (SSSR count). The van der Waals surface area contributed by atoms with Gasteiger partial charge in [0.2, 0.25) is 5.91 Å². The third-order valence-corrected chi connectivity index (χ3v) is 5.16. The van der Waals surface area contributed by atoms with Crippen molar-refractivity contribution in [3.05, 3.63) is 11.0 Å². The quantitative estimate of drug-likeness (QED) is 0.349. The molecule has 0 aromatic carbocycles. The molecule has 8 nitrogen and oxygen atoms in total. The minimum Gasteiger partial charge on any atom is -0.461 e. The lowest BCUT2D eigenvalue weighted by Crippen LogP contribution is -2.67. The number of esters is 1. The van der Waals surface area contributed by atoms with Crippen LogP contribution in [0.2, 0.25) is 1.41 Å². The van der Waals surface area contributed by atoms with Crippen molar-refractivity contribution in [1.29, 1.82) is 0 Å². The summed E-state index contributed by atoms with van der Waals surface area (Å²) in [5.41, 5.74) is 1.88. The predicted octanol–water partition coefficient (Wildman–Crippen LogP) is -0.819. The second-order valence-corrected chi connectivity index (χ2v) is 6.76. The van der Waals surface area contributed by atoms with Crippen LogP contribution in [0.15, 0.2) is 11.0 Å². The molecule has 1 fully saturated rings. The van der Waals surface area contributed by atoms with Crippen LogP contribution in [0.3, 0.4) is 0 Å². The minimum absolute atomic E-state index is 0.214. The van der Waals surface area contributed by atoms with E-state index in [2.05, 4.69) is 5.73 Å². The number of ether oxygens (including phenoxy) is 1. The van der Waals surface area contributed by atoms with Crippen molar-refractivity contribution in [2.75, 3.05) is 12.4 Å². The first kappa shape index (κ1) is 13.1. The molecule has 0 saturated carbocycles. The van der Waals surface area contributed by atoms with Crippen LogP contribution in [0.25, 0.3) is 0 Å². The van der Waals surface area contributed by atoms with E-state index in [0.717, 1.165) is 4.90 Å². The zero-order chi connectivity index (χ0) is 15.1. The van der Waals surface area contributed by atoms with Crippen molar-refractivity contribution in [3.63, 3.8) is 0 Å². The zero-order valence-electron chi connectivity index (χ0n) is 10.9. The molecule has 2 aliphatic rings. The van der Waals surface area contributed by atoms with Gasteiger partial charge >= 0.3 is 13.6 Å². The fourth-order valence-electron chi connectivity index (χ4n) is 1.92. The lowest BCUT2D eigenvalue weighted by molar-refractivity contribution is -0.141. The van der Waals surface area contributed by atoms with Gasteiger partial charge in [-0.15, -0.1) is 11.8 Å². The van der Waals surface area contributed by atoms with Gasteiger partial charge < -0.3 is 20.3 Å². The largest absolute Gasteiger partial charge is 0.461 e. The summed E-state index contributed by atoms with van der Waals surface area (Å²) in [5.74, 6) is -0.924. The van der Waals surface area contributed by atoms with Gasteiger partial charge in [0.1, 0.15) is 24.9 Å². The van der Waals surface area contributed by atoms with Gasteiger partial charge in [-0.2, -0.15) is 0 Å². The van der Waals surface area contributed by atoms with E-state index in [1.165, 1.54) is 18.7 Å². The van der Waals surface area contributed by atoms with Crippen LogP contribution in [0.5, 0.6) is 0 Å². The molecule has 10 heteroatoms. The van der Waals surface area contributed by atoms with Gasteiger partial charge in [0, 0.05) is 18.2 Å². The third-order valence-electron chi connectivity index (χ3n) is 2.74. The van der Waals surface area contributed by atoms with Gasteiger partial charge in [0.15, 0.2) is 0 Å². The molecular weight excluding hydrogens is 295 g/mol. The molecule has 106 valence electrons. The number of β-lactam (4-membered cyclic amide) rings is 1. The first-order valence-electron chi connectivity index (χ1n) is 5.80. The number of hydrogen-bond donors (Lipinski definition) is 3. The molecule has 1 saturated heterocycles. The highest BCUT2D eigenvalue weighted by Crippen LogP contribution is 2.55. The highest BCUT2D eigenvalue weighted by Gasteiger charge is 2.53. The molecule has 0 unspecified atom stereocenters. The number of nitrogens with two attached hydrogens (primary N) is 1. The van der Waals surface area contributed by atoms with Gasteiger partial charge in [0.25, 0.3) is 0 Å². The molecule has 19 heavy (non-hydrogen) atoms. The molecule has 0 aliphatic carbocycles. The van der Waals surface area contributed by atoms with Crippen molar-refractivity contribution in [1.82, 2.24) is 4.90 Å². The molecule has 2 atom stereocenters. The molecule has 0 aromatic heterocycles. The van der Waals surface area contributed by atoms with E-state index in [1.807, 2.05) is 0 Å². The Kier molecular flexibility index (Phi) is 3.40. The number of hydrogen-bond acceptors (Lipinski definition) is 6. The average Bonchev–Trinajstić information content (AvgIpc) is 2.34. The molecule has 1 amide bonds. The van der Waals surface area contributed by atoms with Crippen LogP contribution in [0.1, 0.15) is 6.92 Å². The van der Waals surface area contributed by atoms with Crippen LogP contribution in [-0.2, 0) is 18.9 Å². The Bertz CT molecular complexity index is 535. The fourth-order valence-corrected chi connectivity index (χ4v) is 4.43. The van der Waals surface area contributed by atoms with Crippen molar-refractivity contribution < 1.29 is 30.1 Å². The van der Waals surface area contributed by atoms with Gasteiger partial charge in [-0.3, -0.25) is 19.1 Å². The molecule has 2 heterocycles. The van der Waals surface area contributed by atoms with Gasteiger partial charge in [-0.1, -0.05) is 0 Å². The minimum atomic E-state index is -4.68. The summed E-state index contributed by atoms with van der Waals surface area (Å²) in [5, 5.41) is -0.524. The van der Waals surface area contributed by atoms with Crippen LogP contribution in [-0.4, -0.2) is 50.3 Å². The van der Waals surface area contributed by atoms with Gasteiger partial charge in [-0.05, 0) is 0 Å². The van der Waals surface area contributed by atoms with Crippen LogP contribution in [0.4, 0.5) is 0 Å². The summed E-state index contributed by atoms with van der Waals surface area (Å²) in [6.45, 7) is 0.920. The summed E-state index contributed by atoms with van der Waals surface area (Å²) in [4.78, 5) is 42.4. The number of carbonyl (C=O) groups excluding carboxylic acids is 2. The van der Waals surface area contributed by atoms with Crippen molar-refractivity contribution in [2.45, 2.75) is 18.3 Å². The van der Waals surface area contributed by atoms with Crippen molar-refractivity contribution in [3.8, 4) is 0 Å². The van der Waals surface area contributed by atoms with Crippen molar-refractivity contribution >= 4 is 31.2 Å². The Morgan fingerprint density at radius 3 is 2.95 bits per heavy atom. The maximum atomic E-state index is 11.8. The van der Waals surface area contributed by atoms with E-state index in [4.69, 9.17) is 6.15 Å². The normalized spacial score (nSPS) is 27.6. The Labute approximate surface area is 114 Å². The lowest BCUT2D eigenvalue weighted by Gasteiger charge is -2.48. The highest BCUT2D eigenvalue weighted by atomic mass is 32.2. The van der Waals surface area contributed by atoms with E-state index >= 15 is 0 Å². The molecular formula is C9H13N2O6PS. The lowest BCUT2D eigenvalue weighted by atomic mass is 10.1. The summed E-state index contributed by atoms with van der Waals surface area (Å²) in [6.07, 6.45) is 0. The Morgan fingerprint density at radius 2 is 2.42 bits per heavy atom. The van der Waals surface area contributed by atoms with Crippen molar-refractivity contribution in [2.24, 2.45) is 5.73 Å². The first-order valence-corrected chi connectivity index (χ1v) is 7.97. The summed E-state index contributed by atoms with van der Waals surface area (Å²) >= 11 is 1.26. The number of fused-ring (bicyclic) bond motifs is 1. The second kappa shape index (κ2) is 4.92. The van der Waals surface area contributed by atoms with E-state index in [9.17, 15) is 23.9 Å². The molecule has 4 N–H and O–H groups in total. The number of carbonyl (C=O) groups is 2. The van der Waals surface area contributed by atoms with E-state index in [0.29, 0.717) is 0 Å². The van der Waals surface area contributed by atoms with Crippen LogP contribution in [0, 0.1) is 0 Å². The van der Waals surface area contributed by atoms with Gasteiger partial charge in [-0.25, -0.2) is 0 Å². The molecule has 2 aliphatic heterocycles. The predicted molar refractivity (Wildman–Crippen MR) is 66.8 cm³/mol. The van der Waals surface area contributed by atoms with Crippen LogP contribution < -0.4 is 5.73 Å². The van der Waals surface area contributed by atoms with E-state index < -0.39 is 36.3 Å². The molecule has 0 radical (unpaired) electrons. The maximum absolute atomic E-state index is 11.8. The highest BCUT2D eigenvalue weighted by molar-refractivity contribution is 8.00.